The topological polar surface area (TPSA) is 73.1 Å². The maximum absolute atomic E-state index is 12.5. The van der Waals surface area contributed by atoms with Crippen molar-refractivity contribution in [1.82, 2.24) is 5.32 Å². The summed E-state index contributed by atoms with van der Waals surface area (Å²) in [7, 11) is 0. The number of nitriles is 1. The molecule has 0 saturated heterocycles. The van der Waals surface area contributed by atoms with Gasteiger partial charge < -0.3 is 10.4 Å². The predicted octanol–water partition coefficient (Wildman–Crippen LogP) is 2.41. The highest BCUT2D eigenvalue weighted by atomic mass is 16.3. The molecule has 1 fully saturated rings. The normalized spacial score (nSPS) is 26.0. The largest absolute Gasteiger partial charge is 0.383 e. The van der Waals surface area contributed by atoms with E-state index in [1.807, 2.05) is 24.3 Å². The SMILES string of the molecule is N#CC1(C(=O)NC[C@]2(O)CCCc3ccccc32)CCCC1. The van der Waals surface area contributed by atoms with Gasteiger partial charge in [-0.25, -0.2) is 0 Å². The summed E-state index contributed by atoms with van der Waals surface area (Å²) in [6.45, 7) is 0.187. The number of hydrogen-bond acceptors (Lipinski definition) is 3. The molecule has 116 valence electrons. The number of carbonyl (C=O) groups is 1. The number of hydrogen-bond donors (Lipinski definition) is 2. The standard InChI is InChI=1S/C18H22N2O2/c19-12-17(9-3-4-10-17)16(21)20-13-18(22)11-5-7-14-6-1-2-8-15(14)18/h1-2,6,8,22H,3-5,7,9-11,13H2,(H,20,21)/t18-/m1/s1. The summed E-state index contributed by atoms with van der Waals surface area (Å²) in [6, 6.07) is 10.1. The third kappa shape index (κ3) is 2.50. The van der Waals surface area contributed by atoms with Crippen molar-refractivity contribution in [3.8, 4) is 6.07 Å². The van der Waals surface area contributed by atoms with E-state index in [0.717, 1.165) is 36.8 Å². The molecule has 0 aliphatic heterocycles. The Morgan fingerprint density at radius 3 is 2.68 bits per heavy atom. The Balaban J connectivity index is 1.74. The molecule has 2 aliphatic carbocycles. The Morgan fingerprint density at radius 2 is 1.95 bits per heavy atom. The number of aryl methyl sites for hydroxylation is 1. The third-order valence-corrected chi connectivity index (χ3v) is 5.20. The van der Waals surface area contributed by atoms with Crippen LogP contribution >= 0.6 is 0 Å². The molecule has 2 aliphatic rings. The number of benzene rings is 1. The maximum atomic E-state index is 12.5. The summed E-state index contributed by atoms with van der Waals surface area (Å²) < 4.78 is 0. The second kappa shape index (κ2) is 5.73. The molecule has 1 atom stereocenters. The predicted molar refractivity (Wildman–Crippen MR) is 82.8 cm³/mol. The highest BCUT2D eigenvalue weighted by Crippen LogP contribution is 2.39. The van der Waals surface area contributed by atoms with Crippen LogP contribution in [0.3, 0.4) is 0 Å². The van der Waals surface area contributed by atoms with E-state index in [1.54, 1.807) is 0 Å². The molecule has 4 nitrogen and oxygen atoms in total. The molecule has 0 aromatic heterocycles. The Morgan fingerprint density at radius 1 is 1.23 bits per heavy atom. The number of nitrogens with one attached hydrogen (secondary N) is 1. The van der Waals surface area contributed by atoms with E-state index in [1.165, 1.54) is 0 Å². The van der Waals surface area contributed by atoms with Gasteiger partial charge >= 0.3 is 0 Å². The summed E-state index contributed by atoms with van der Waals surface area (Å²) in [4.78, 5) is 12.5. The van der Waals surface area contributed by atoms with E-state index in [-0.39, 0.29) is 12.5 Å². The lowest BCUT2D eigenvalue weighted by Gasteiger charge is -2.35. The van der Waals surface area contributed by atoms with E-state index in [0.29, 0.717) is 19.3 Å². The van der Waals surface area contributed by atoms with Crippen LogP contribution in [0.4, 0.5) is 0 Å². The quantitative estimate of drug-likeness (QED) is 0.900. The molecular weight excluding hydrogens is 276 g/mol. The van der Waals surface area contributed by atoms with Gasteiger partial charge in [-0.15, -0.1) is 0 Å². The first-order chi connectivity index (χ1) is 10.6. The average Bonchev–Trinajstić information content (AvgIpc) is 3.03. The minimum Gasteiger partial charge on any atom is -0.383 e. The second-order valence-corrected chi connectivity index (χ2v) is 6.63. The van der Waals surface area contributed by atoms with Crippen LogP contribution in [-0.2, 0) is 16.8 Å². The van der Waals surface area contributed by atoms with Gasteiger partial charge in [0.2, 0.25) is 5.91 Å². The third-order valence-electron chi connectivity index (χ3n) is 5.20. The first kappa shape index (κ1) is 15.1. The molecule has 0 bridgehead atoms. The average molecular weight is 298 g/mol. The van der Waals surface area contributed by atoms with E-state index < -0.39 is 11.0 Å². The first-order valence-electron chi connectivity index (χ1n) is 8.10. The molecule has 1 amide bonds. The van der Waals surface area contributed by atoms with E-state index in [2.05, 4.69) is 11.4 Å². The zero-order chi connectivity index (χ0) is 15.6. The highest BCUT2D eigenvalue weighted by Gasteiger charge is 2.43. The number of amides is 1. The van der Waals surface area contributed by atoms with Gasteiger partial charge in [0.05, 0.1) is 12.6 Å². The van der Waals surface area contributed by atoms with Gasteiger partial charge in [-0.2, -0.15) is 5.26 Å². The minimum absolute atomic E-state index is 0.187. The zero-order valence-electron chi connectivity index (χ0n) is 12.8. The van der Waals surface area contributed by atoms with Crippen molar-refractivity contribution in [2.75, 3.05) is 6.54 Å². The van der Waals surface area contributed by atoms with E-state index in [4.69, 9.17) is 0 Å². The maximum Gasteiger partial charge on any atom is 0.240 e. The molecular formula is C18H22N2O2. The zero-order valence-corrected chi connectivity index (χ0v) is 12.8. The monoisotopic (exact) mass is 298 g/mol. The van der Waals surface area contributed by atoms with E-state index in [9.17, 15) is 15.2 Å². The van der Waals surface area contributed by atoms with Gasteiger partial charge in [-0.3, -0.25) is 4.79 Å². The molecule has 2 N–H and O–H groups in total. The van der Waals surface area contributed by atoms with Crippen LogP contribution in [0.2, 0.25) is 0 Å². The summed E-state index contributed by atoms with van der Waals surface area (Å²) in [6.07, 6.45) is 5.63. The summed E-state index contributed by atoms with van der Waals surface area (Å²) in [5.74, 6) is -0.219. The summed E-state index contributed by atoms with van der Waals surface area (Å²) in [5.41, 5.74) is 0.171. The van der Waals surface area contributed by atoms with Crippen molar-refractivity contribution < 1.29 is 9.90 Å². The van der Waals surface area contributed by atoms with Gasteiger partial charge in [-0.1, -0.05) is 37.1 Å². The number of fused-ring (bicyclic) bond motifs is 1. The van der Waals surface area contributed by atoms with Gasteiger partial charge in [0.25, 0.3) is 0 Å². The number of carbonyl (C=O) groups excluding carboxylic acids is 1. The lowest BCUT2D eigenvalue weighted by molar-refractivity contribution is -0.129. The second-order valence-electron chi connectivity index (χ2n) is 6.63. The number of rotatable bonds is 3. The van der Waals surface area contributed by atoms with Gasteiger partial charge in [0, 0.05) is 0 Å². The lowest BCUT2D eigenvalue weighted by atomic mass is 9.78. The Hall–Kier alpha value is -1.86. The molecule has 22 heavy (non-hydrogen) atoms. The molecule has 0 spiro atoms. The lowest BCUT2D eigenvalue weighted by Crippen LogP contribution is -2.47. The van der Waals surface area contributed by atoms with Crippen LogP contribution < -0.4 is 5.32 Å². The van der Waals surface area contributed by atoms with Crippen LogP contribution in [0.1, 0.15) is 49.7 Å². The molecule has 1 saturated carbocycles. The van der Waals surface area contributed by atoms with Crippen molar-refractivity contribution in [3.05, 3.63) is 35.4 Å². The van der Waals surface area contributed by atoms with Crippen LogP contribution in [0.5, 0.6) is 0 Å². The number of aliphatic hydroxyl groups is 1. The van der Waals surface area contributed by atoms with Gasteiger partial charge in [0.15, 0.2) is 0 Å². The van der Waals surface area contributed by atoms with Gasteiger partial charge in [-0.05, 0) is 43.2 Å². The Bertz CT molecular complexity index is 614. The van der Waals surface area contributed by atoms with Crippen LogP contribution in [-0.4, -0.2) is 17.6 Å². The number of nitrogens with zero attached hydrogens (tertiary/aromatic N) is 1. The molecule has 0 unspecified atom stereocenters. The molecule has 4 heteroatoms. The van der Waals surface area contributed by atoms with Crippen molar-refractivity contribution in [1.29, 1.82) is 5.26 Å². The fraction of sp³-hybridized carbons (Fsp3) is 0.556. The highest BCUT2D eigenvalue weighted by molar-refractivity contribution is 5.85. The molecule has 0 radical (unpaired) electrons. The van der Waals surface area contributed by atoms with Gasteiger partial charge in [0.1, 0.15) is 11.0 Å². The minimum atomic E-state index is -1.01. The van der Waals surface area contributed by atoms with E-state index >= 15 is 0 Å². The summed E-state index contributed by atoms with van der Waals surface area (Å²) in [5, 5.41) is 23.2. The van der Waals surface area contributed by atoms with Crippen LogP contribution in [0.25, 0.3) is 0 Å². The first-order valence-corrected chi connectivity index (χ1v) is 8.10. The molecule has 1 aromatic rings. The Labute approximate surface area is 131 Å². The fourth-order valence-electron chi connectivity index (χ4n) is 3.85. The molecule has 1 aromatic carbocycles. The smallest absolute Gasteiger partial charge is 0.240 e. The van der Waals surface area contributed by atoms with Crippen molar-refractivity contribution in [2.24, 2.45) is 5.41 Å². The van der Waals surface area contributed by atoms with Crippen molar-refractivity contribution >= 4 is 5.91 Å². The molecule has 0 heterocycles. The summed E-state index contributed by atoms with van der Waals surface area (Å²) >= 11 is 0. The Kier molecular flexibility index (Phi) is 3.92. The van der Waals surface area contributed by atoms with Crippen LogP contribution in [0.15, 0.2) is 24.3 Å². The van der Waals surface area contributed by atoms with Crippen molar-refractivity contribution in [2.45, 2.75) is 50.5 Å². The molecule has 3 rings (SSSR count). The fourth-order valence-corrected chi connectivity index (χ4v) is 3.85. The van der Waals surface area contributed by atoms with Crippen LogP contribution in [0, 0.1) is 16.7 Å². The van der Waals surface area contributed by atoms with Crippen molar-refractivity contribution in [3.63, 3.8) is 0 Å².